The van der Waals surface area contributed by atoms with Crippen molar-refractivity contribution in [3.05, 3.63) is 0 Å². The summed E-state index contributed by atoms with van der Waals surface area (Å²) in [6.07, 6.45) is 24.4. The average Bonchev–Trinajstić information content (AvgIpc) is 2.81. The van der Waals surface area contributed by atoms with Crippen molar-refractivity contribution in [1.29, 1.82) is 0 Å². The normalized spacial score (nSPS) is 13.4. The SMILES string of the molecule is CCCCCCC[CH2][SnH]([CH2]CCCCCCC)[CH2]CCC(CCCC)C(CC)C(=O)NN. The molecule has 0 aromatic carbocycles. The molecule has 0 heterocycles. The van der Waals surface area contributed by atoms with Gasteiger partial charge < -0.3 is 0 Å². The van der Waals surface area contributed by atoms with Gasteiger partial charge in [0.1, 0.15) is 0 Å². The molecule has 0 fully saturated rings. The Balaban J connectivity index is 4.56. The molecule has 0 aliphatic heterocycles. The van der Waals surface area contributed by atoms with Gasteiger partial charge >= 0.3 is 210 Å². The Morgan fingerprint density at radius 1 is 0.656 bits per heavy atom. The first-order valence-electron chi connectivity index (χ1n) is 14.6. The first kappa shape index (κ1) is 32.2. The Kier molecular flexibility index (Phi) is 24.5. The van der Waals surface area contributed by atoms with Gasteiger partial charge in [-0.05, 0) is 0 Å². The standard InChI is InChI=1S/C12H25N2O.2C8H17.Sn.H/c1-4-7-9-10(8-5-2)11(6-3)12(15)14-13;2*1-3-5-7-8-6-4-2;;/h10-11H,2,4-9,13H2,1,3H3,(H,14,15);2*1,3-8H2,2H3;;. The van der Waals surface area contributed by atoms with Crippen molar-refractivity contribution in [3.8, 4) is 0 Å². The van der Waals surface area contributed by atoms with Crippen molar-refractivity contribution < 1.29 is 4.79 Å². The van der Waals surface area contributed by atoms with Crippen molar-refractivity contribution in [2.75, 3.05) is 0 Å². The predicted molar refractivity (Wildman–Crippen MR) is 147 cm³/mol. The predicted octanol–water partition coefficient (Wildman–Crippen LogP) is 8.54. The first-order valence-corrected chi connectivity index (χ1v) is 21.6. The van der Waals surface area contributed by atoms with Crippen LogP contribution in [0.2, 0.25) is 13.3 Å². The molecule has 0 aliphatic rings. The van der Waals surface area contributed by atoms with Gasteiger partial charge in [-0.2, -0.15) is 0 Å². The van der Waals surface area contributed by atoms with Crippen LogP contribution in [0, 0.1) is 11.8 Å². The molecular formula is C28H60N2OSn. The van der Waals surface area contributed by atoms with Crippen LogP contribution in [0.15, 0.2) is 0 Å². The van der Waals surface area contributed by atoms with E-state index < -0.39 is 19.8 Å². The zero-order valence-electron chi connectivity index (χ0n) is 22.6. The number of hydrazine groups is 1. The molecule has 32 heavy (non-hydrogen) atoms. The Hall–Kier alpha value is 0.229. The summed E-state index contributed by atoms with van der Waals surface area (Å²) in [5.41, 5.74) is 2.44. The van der Waals surface area contributed by atoms with Crippen LogP contribution in [0.5, 0.6) is 0 Å². The fourth-order valence-electron chi connectivity index (χ4n) is 5.38. The summed E-state index contributed by atoms with van der Waals surface area (Å²) in [5, 5.41) is 0. The molecular weight excluding hydrogens is 499 g/mol. The Morgan fingerprint density at radius 2 is 1.09 bits per heavy atom. The van der Waals surface area contributed by atoms with E-state index in [1.54, 1.807) is 13.3 Å². The number of rotatable bonds is 24. The maximum absolute atomic E-state index is 12.3. The topological polar surface area (TPSA) is 55.1 Å². The summed E-state index contributed by atoms with van der Waals surface area (Å²) in [7, 11) is 0. The summed E-state index contributed by atoms with van der Waals surface area (Å²) < 4.78 is 4.82. The van der Waals surface area contributed by atoms with Gasteiger partial charge in [0.25, 0.3) is 0 Å². The third-order valence-electron chi connectivity index (χ3n) is 7.54. The monoisotopic (exact) mass is 560 g/mol. The van der Waals surface area contributed by atoms with Gasteiger partial charge in [-0.15, -0.1) is 0 Å². The summed E-state index contributed by atoms with van der Waals surface area (Å²) in [4.78, 5) is 12.3. The van der Waals surface area contributed by atoms with Crippen molar-refractivity contribution in [3.63, 3.8) is 0 Å². The van der Waals surface area contributed by atoms with E-state index in [2.05, 4.69) is 33.1 Å². The minimum absolute atomic E-state index is 0.0628. The van der Waals surface area contributed by atoms with Gasteiger partial charge in [-0.25, -0.2) is 0 Å². The van der Waals surface area contributed by atoms with Crippen LogP contribution >= 0.6 is 0 Å². The summed E-state index contributed by atoms with van der Waals surface area (Å²) in [5.74, 6) is 6.20. The number of carbonyl (C=O) groups excluding carboxylic acids is 1. The Bertz CT molecular complexity index is 389. The molecule has 3 nitrogen and oxygen atoms in total. The van der Waals surface area contributed by atoms with Crippen molar-refractivity contribution in [1.82, 2.24) is 5.43 Å². The number of amides is 1. The molecule has 2 unspecified atom stereocenters. The molecule has 0 rings (SSSR count). The molecule has 0 aliphatic carbocycles. The molecule has 1 amide bonds. The van der Waals surface area contributed by atoms with E-state index >= 15 is 0 Å². The number of nitrogens with two attached hydrogens (primary N) is 1. The fourth-order valence-corrected chi connectivity index (χ4v) is 15.1. The molecule has 0 spiro atoms. The van der Waals surface area contributed by atoms with Gasteiger partial charge in [0.2, 0.25) is 0 Å². The maximum atomic E-state index is 12.3. The third kappa shape index (κ3) is 17.7. The van der Waals surface area contributed by atoms with Crippen molar-refractivity contribution in [2.45, 2.75) is 157 Å². The van der Waals surface area contributed by atoms with E-state index in [1.807, 2.05) is 0 Å². The van der Waals surface area contributed by atoms with E-state index in [4.69, 9.17) is 5.84 Å². The molecule has 0 saturated heterocycles. The van der Waals surface area contributed by atoms with Gasteiger partial charge in [0.15, 0.2) is 0 Å². The summed E-state index contributed by atoms with van der Waals surface area (Å²) >= 11 is -1.42. The van der Waals surface area contributed by atoms with Crippen LogP contribution in [0.3, 0.4) is 0 Å². The van der Waals surface area contributed by atoms with Crippen molar-refractivity contribution >= 4 is 25.7 Å². The zero-order valence-corrected chi connectivity index (χ0v) is 25.9. The fraction of sp³-hybridized carbons (Fsp3) is 0.964. The second-order valence-corrected chi connectivity index (χ2v) is 20.2. The van der Waals surface area contributed by atoms with Crippen LogP contribution in [0.1, 0.15) is 143 Å². The van der Waals surface area contributed by atoms with E-state index in [-0.39, 0.29) is 11.8 Å². The van der Waals surface area contributed by atoms with Gasteiger partial charge in [0.05, 0.1) is 0 Å². The quantitative estimate of drug-likeness (QED) is 0.0410. The molecule has 0 bridgehead atoms. The number of unbranched alkanes of at least 4 members (excludes halogenated alkanes) is 11. The van der Waals surface area contributed by atoms with Crippen LogP contribution in [-0.4, -0.2) is 25.7 Å². The summed E-state index contributed by atoms with van der Waals surface area (Å²) in [6.45, 7) is 9.02. The second kappa shape index (κ2) is 24.4. The van der Waals surface area contributed by atoms with Gasteiger partial charge in [0, 0.05) is 0 Å². The summed E-state index contributed by atoms with van der Waals surface area (Å²) in [6, 6.07) is 0. The van der Waals surface area contributed by atoms with E-state index in [1.165, 1.54) is 109 Å². The average molecular weight is 560 g/mol. The molecule has 192 valence electrons. The molecule has 0 aromatic heterocycles. The van der Waals surface area contributed by atoms with Gasteiger partial charge in [-0.3, -0.25) is 0 Å². The second-order valence-electron chi connectivity index (χ2n) is 10.3. The van der Waals surface area contributed by atoms with Crippen LogP contribution in [0.25, 0.3) is 0 Å². The minimum atomic E-state index is -1.42. The Labute approximate surface area is 209 Å². The van der Waals surface area contributed by atoms with E-state index in [9.17, 15) is 4.79 Å². The third-order valence-corrected chi connectivity index (χ3v) is 18.0. The molecule has 0 aromatic rings. The molecule has 3 N–H and O–H groups in total. The zero-order chi connectivity index (χ0) is 23.9. The molecule has 4 heteroatoms. The molecule has 0 radical (unpaired) electrons. The number of carbonyl (C=O) groups is 1. The van der Waals surface area contributed by atoms with Crippen molar-refractivity contribution in [2.24, 2.45) is 17.7 Å². The van der Waals surface area contributed by atoms with Crippen LogP contribution < -0.4 is 11.3 Å². The molecule has 0 saturated carbocycles. The number of hydrogen-bond donors (Lipinski definition) is 2. The number of nitrogens with one attached hydrogen (secondary N) is 1. The first-order chi connectivity index (χ1) is 15.6. The van der Waals surface area contributed by atoms with Crippen LogP contribution in [-0.2, 0) is 4.79 Å². The number of hydrogen-bond acceptors (Lipinski definition) is 2. The van der Waals surface area contributed by atoms with Gasteiger partial charge in [-0.1, -0.05) is 0 Å². The van der Waals surface area contributed by atoms with Crippen LogP contribution in [0.4, 0.5) is 0 Å². The molecule has 2 atom stereocenters. The van der Waals surface area contributed by atoms with E-state index in [0.717, 1.165) is 6.42 Å². The Morgan fingerprint density at radius 3 is 1.56 bits per heavy atom. The van der Waals surface area contributed by atoms with E-state index in [0.29, 0.717) is 5.92 Å².